The fourth-order valence-electron chi connectivity index (χ4n) is 1.51. The van der Waals surface area contributed by atoms with Gasteiger partial charge in [-0.25, -0.2) is 4.39 Å². The van der Waals surface area contributed by atoms with Crippen LogP contribution in [0.15, 0.2) is 18.2 Å². The van der Waals surface area contributed by atoms with Crippen LogP contribution in [0.4, 0.5) is 4.39 Å². The number of benzene rings is 1. The van der Waals surface area contributed by atoms with Gasteiger partial charge in [-0.15, -0.1) is 0 Å². The molecular formula is C13H19FN2O2. The highest BCUT2D eigenvalue weighted by Crippen LogP contribution is 2.20. The molecule has 0 spiro atoms. The van der Waals surface area contributed by atoms with Crippen molar-refractivity contribution in [3.63, 3.8) is 0 Å². The summed E-state index contributed by atoms with van der Waals surface area (Å²) in [6.45, 7) is 5.32. The molecule has 4 nitrogen and oxygen atoms in total. The number of carbonyl (C=O) groups is 1. The van der Waals surface area contributed by atoms with E-state index in [1.54, 1.807) is 6.07 Å². The van der Waals surface area contributed by atoms with Gasteiger partial charge in [0, 0.05) is 6.04 Å². The van der Waals surface area contributed by atoms with E-state index < -0.39 is 11.7 Å². The van der Waals surface area contributed by atoms with Crippen LogP contribution in [0.1, 0.15) is 30.6 Å². The molecule has 100 valence electrons. The van der Waals surface area contributed by atoms with Crippen LogP contribution in [0.25, 0.3) is 0 Å². The van der Waals surface area contributed by atoms with Crippen molar-refractivity contribution in [2.24, 2.45) is 5.73 Å². The minimum absolute atomic E-state index is 0.186. The number of amides is 1. The molecule has 0 saturated heterocycles. The third kappa shape index (κ3) is 4.33. The molecular weight excluding hydrogens is 235 g/mol. The van der Waals surface area contributed by atoms with Gasteiger partial charge < -0.3 is 15.8 Å². The lowest BCUT2D eigenvalue weighted by Gasteiger charge is -2.11. The number of hydrogen-bond acceptors (Lipinski definition) is 3. The topological polar surface area (TPSA) is 64.3 Å². The van der Waals surface area contributed by atoms with Crippen LogP contribution in [0.2, 0.25) is 0 Å². The molecule has 1 rings (SSSR count). The summed E-state index contributed by atoms with van der Waals surface area (Å²) in [7, 11) is 0. The monoisotopic (exact) mass is 254 g/mol. The zero-order valence-electron chi connectivity index (χ0n) is 10.7. The van der Waals surface area contributed by atoms with Crippen molar-refractivity contribution < 1.29 is 13.9 Å². The second kappa shape index (κ2) is 6.96. The molecule has 1 aromatic carbocycles. The van der Waals surface area contributed by atoms with Crippen LogP contribution in [0.3, 0.4) is 0 Å². The molecule has 0 fully saturated rings. The first-order chi connectivity index (χ1) is 8.52. The molecule has 1 aromatic rings. The van der Waals surface area contributed by atoms with Crippen LogP contribution < -0.4 is 15.8 Å². The third-order valence-corrected chi connectivity index (χ3v) is 2.35. The third-order valence-electron chi connectivity index (χ3n) is 2.35. The predicted octanol–water partition coefficient (Wildman–Crippen LogP) is 1.69. The van der Waals surface area contributed by atoms with E-state index in [0.717, 1.165) is 13.0 Å². The Morgan fingerprint density at radius 2 is 2.22 bits per heavy atom. The lowest BCUT2D eigenvalue weighted by Crippen LogP contribution is -2.25. The summed E-state index contributed by atoms with van der Waals surface area (Å²) in [5.74, 6) is -1.27. The van der Waals surface area contributed by atoms with Crippen LogP contribution in [-0.4, -0.2) is 25.1 Å². The van der Waals surface area contributed by atoms with E-state index in [-0.39, 0.29) is 11.3 Å². The molecule has 1 amide bonds. The number of halogens is 1. The van der Waals surface area contributed by atoms with E-state index in [2.05, 4.69) is 19.2 Å². The van der Waals surface area contributed by atoms with Gasteiger partial charge in [-0.05, 0) is 25.1 Å². The molecule has 0 radical (unpaired) electrons. The average Bonchev–Trinajstić information content (AvgIpc) is 2.27. The summed E-state index contributed by atoms with van der Waals surface area (Å²) in [6.07, 6.45) is 0.771. The molecule has 5 heteroatoms. The van der Waals surface area contributed by atoms with Crippen LogP contribution in [0.5, 0.6) is 5.75 Å². The number of ether oxygens (including phenoxy) is 1. The van der Waals surface area contributed by atoms with Crippen molar-refractivity contribution >= 4 is 5.91 Å². The van der Waals surface area contributed by atoms with Crippen LogP contribution in [0, 0.1) is 5.82 Å². The number of hydrogen-bond donors (Lipinski definition) is 2. The van der Waals surface area contributed by atoms with Gasteiger partial charge in [-0.3, -0.25) is 4.79 Å². The van der Waals surface area contributed by atoms with Crippen LogP contribution >= 0.6 is 0 Å². The van der Waals surface area contributed by atoms with Gasteiger partial charge in [0.15, 0.2) is 0 Å². The van der Waals surface area contributed by atoms with E-state index in [9.17, 15) is 9.18 Å². The van der Waals surface area contributed by atoms with Crippen molar-refractivity contribution in [1.29, 1.82) is 0 Å². The molecule has 0 aliphatic carbocycles. The molecule has 0 saturated carbocycles. The number of primary amides is 1. The van der Waals surface area contributed by atoms with Crippen molar-refractivity contribution in [1.82, 2.24) is 5.32 Å². The minimum Gasteiger partial charge on any atom is -0.493 e. The number of carbonyl (C=O) groups excluding carboxylic acids is 1. The normalized spacial score (nSPS) is 10.7. The molecule has 0 aliphatic rings. The molecule has 0 unspecified atom stereocenters. The smallest absolute Gasteiger partial charge is 0.255 e. The second-order valence-corrected chi connectivity index (χ2v) is 4.29. The summed E-state index contributed by atoms with van der Waals surface area (Å²) in [5.41, 5.74) is 4.93. The number of rotatable bonds is 7. The summed E-state index contributed by atoms with van der Waals surface area (Å²) >= 11 is 0. The first-order valence-corrected chi connectivity index (χ1v) is 5.97. The van der Waals surface area contributed by atoms with Gasteiger partial charge in [-0.2, -0.15) is 0 Å². The van der Waals surface area contributed by atoms with Gasteiger partial charge in [-0.1, -0.05) is 19.9 Å². The van der Waals surface area contributed by atoms with E-state index >= 15 is 0 Å². The first kappa shape index (κ1) is 14.4. The Bertz CT molecular complexity index is 408. The standard InChI is InChI=1S/C13H19FN2O2/c1-9(2)16-7-4-8-18-11-6-3-5-10(14)12(11)13(15)17/h3,5-6,9,16H,4,7-8H2,1-2H3,(H2,15,17). The Morgan fingerprint density at radius 1 is 1.50 bits per heavy atom. The van der Waals surface area contributed by atoms with E-state index in [1.165, 1.54) is 12.1 Å². The van der Waals surface area contributed by atoms with Crippen molar-refractivity contribution in [3.05, 3.63) is 29.6 Å². The van der Waals surface area contributed by atoms with Gasteiger partial charge in [0.1, 0.15) is 17.1 Å². The van der Waals surface area contributed by atoms with E-state index in [1.807, 2.05) is 0 Å². The zero-order valence-corrected chi connectivity index (χ0v) is 10.7. The number of nitrogens with two attached hydrogens (primary N) is 1. The Kier molecular flexibility index (Phi) is 5.58. The molecule has 0 heterocycles. The summed E-state index contributed by atoms with van der Waals surface area (Å²) in [5, 5.41) is 3.23. The Labute approximate surface area is 106 Å². The Balaban J connectivity index is 2.52. The fraction of sp³-hybridized carbons (Fsp3) is 0.462. The van der Waals surface area contributed by atoms with Gasteiger partial charge in [0.05, 0.1) is 6.61 Å². The van der Waals surface area contributed by atoms with Gasteiger partial charge in [0.25, 0.3) is 5.91 Å². The average molecular weight is 254 g/mol. The van der Waals surface area contributed by atoms with Crippen LogP contribution in [-0.2, 0) is 0 Å². The van der Waals surface area contributed by atoms with Crippen molar-refractivity contribution in [2.45, 2.75) is 26.3 Å². The molecule has 18 heavy (non-hydrogen) atoms. The van der Waals surface area contributed by atoms with E-state index in [4.69, 9.17) is 10.5 Å². The molecule has 0 aliphatic heterocycles. The maximum Gasteiger partial charge on any atom is 0.255 e. The largest absolute Gasteiger partial charge is 0.493 e. The Morgan fingerprint density at radius 3 is 2.83 bits per heavy atom. The SMILES string of the molecule is CC(C)NCCCOc1cccc(F)c1C(N)=O. The minimum atomic E-state index is -0.816. The zero-order chi connectivity index (χ0) is 13.5. The predicted molar refractivity (Wildman–Crippen MR) is 68.2 cm³/mol. The maximum absolute atomic E-state index is 13.4. The number of nitrogens with one attached hydrogen (secondary N) is 1. The highest BCUT2D eigenvalue weighted by molar-refractivity contribution is 5.95. The highest BCUT2D eigenvalue weighted by atomic mass is 19.1. The fourth-order valence-corrected chi connectivity index (χ4v) is 1.51. The Hall–Kier alpha value is -1.62. The molecule has 3 N–H and O–H groups in total. The summed E-state index contributed by atoms with van der Waals surface area (Å²) < 4.78 is 18.8. The van der Waals surface area contributed by atoms with Gasteiger partial charge >= 0.3 is 0 Å². The first-order valence-electron chi connectivity index (χ1n) is 5.97. The van der Waals surface area contributed by atoms with Gasteiger partial charge in [0.2, 0.25) is 0 Å². The second-order valence-electron chi connectivity index (χ2n) is 4.29. The summed E-state index contributed by atoms with van der Waals surface area (Å²) in [6, 6.07) is 4.64. The lowest BCUT2D eigenvalue weighted by atomic mass is 10.2. The highest BCUT2D eigenvalue weighted by Gasteiger charge is 2.14. The van der Waals surface area contributed by atoms with Crippen molar-refractivity contribution in [2.75, 3.05) is 13.2 Å². The molecule has 0 aromatic heterocycles. The van der Waals surface area contributed by atoms with E-state index in [0.29, 0.717) is 12.6 Å². The maximum atomic E-state index is 13.4. The quantitative estimate of drug-likeness (QED) is 0.728. The summed E-state index contributed by atoms with van der Waals surface area (Å²) in [4.78, 5) is 11.1. The van der Waals surface area contributed by atoms with Crippen molar-refractivity contribution in [3.8, 4) is 5.75 Å². The molecule has 0 atom stereocenters. The lowest BCUT2D eigenvalue weighted by molar-refractivity contribution is 0.0992. The molecule has 0 bridgehead atoms.